The van der Waals surface area contributed by atoms with Crippen molar-refractivity contribution >= 4 is 22.6 Å². The molecule has 178 valence electrons. The molecule has 1 saturated heterocycles. The van der Waals surface area contributed by atoms with Gasteiger partial charge in [0.15, 0.2) is 0 Å². The number of amides is 1. The third kappa shape index (κ3) is 5.14. The molecular weight excluding hydrogens is 455 g/mol. The monoisotopic (exact) mass is 477 g/mol. The molecule has 0 radical (unpaired) electrons. The van der Waals surface area contributed by atoms with Gasteiger partial charge >= 0.3 is 6.18 Å². The molecule has 4 heterocycles. The number of likely N-dealkylation sites (tertiary alicyclic amines) is 1. The van der Waals surface area contributed by atoms with Crippen LogP contribution < -0.4 is 5.32 Å². The van der Waals surface area contributed by atoms with Crippen molar-refractivity contribution < 1.29 is 18.0 Å². The van der Waals surface area contributed by atoms with Crippen molar-refractivity contribution in [2.75, 3.05) is 18.4 Å². The lowest BCUT2D eigenvalue weighted by atomic mass is 10.0. The van der Waals surface area contributed by atoms with Crippen LogP contribution in [-0.2, 0) is 12.7 Å². The highest BCUT2D eigenvalue weighted by molar-refractivity contribution is 6.04. The number of hydrogen-bond acceptors (Lipinski definition) is 5. The first-order valence-electron chi connectivity index (χ1n) is 11.3. The van der Waals surface area contributed by atoms with Gasteiger partial charge in [0.1, 0.15) is 11.5 Å². The van der Waals surface area contributed by atoms with Crippen LogP contribution in [0.3, 0.4) is 0 Å². The molecular formula is C26H22F3N5O. The maximum atomic E-state index is 13.2. The van der Waals surface area contributed by atoms with Crippen molar-refractivity contribution in [2.45, 2.75) is 25.6 Å². The van der Waals surface area contributed by atoms with Gasteiger partial charge in [-0.05, 0) is 67.9 Å². The number of halogens is 3. The van der Waals surface area contributed by atoms with Crippen LogP contribution in [-0.4, -0.2) is 38.8 Å². The molecule has 5 rings (SSSR count). The van der Waals surface area contributed by atoms with Crippen LogP contribution in [0.4, 0.5) is 19.0 Å². The summed E-state index contributed by atoms with van der Waals surface area (Å²) in [5.74, 6) is -0.0362. The summed E-state index contributed by atoms with van der Waals surface area (Å²) in [5.41, 5.74) is 1.36. The molecule has 0 unspecified atom stereocenters. The quantitative estimate of drug-likeness (QED) is 0.408. The van der Waals surface area contributed by atoms with Crippen LogP contribution in [0.1, 0.15) is 34.6 Å². The molecule has 1 aliphatic rings. The molecule has 4 aromatic rings. The summed E-state index contributed by atoms with van der Waals surface area (Å²) in [5, 5.41) is 3.39. The maximum Gasteiger partial charge on any atom is 0.416 e. The molecule has 3 aromatic heterocycles. The highest BCUT2D eigenvalue weighted by Crippen LogP contribution is 2.33. The molecule has 0 aliphatic carbocycles. The summed E-state index contributed by atoms with van der Waals surface area (Å²) in [4.78, 5) is 28.4. The lowest BCUT2D eigenvalue weighted by Gasteiger charge is -2.14. The molecule has 0 bridgehead atoms. The van der Waals surface area contributed by atoms with E-state index < -0.39 is 17.6 Å². The molecule has 35 heavy (non-hydrogen) atoms. The van der Waals surface area contributed by atoms with Gasteiger partial charge in [-0.15, -0.1) is 0 Å². The maximum absolute atomic E-state index is 13.2. The van der Waals surface area contributed by atoms with Crippen LogP contribution in [0.15, 0.2) is 67.0 Å². The van der Waals surface area contributed by atoms with Crippen molar-refractivity contribution in [1.29, 1.82) is 0 Å². The third-order valence-electron chi connectivity index (χ3n) is 5.97. The van der Waals surface area contributed by atoms with Gasteiger partial charge in [0.25, 0.3) is 5.91 Å². The molecule has 0 saturated carbocycles. The van der Waals surface area contributed by atoms with Crippen molar-refractivity contribution in [3.8, 4) is 11.1 Å². The highest BCUT2D eigenvalue weighted by atomic mass is 19.4. The summed E-state index contributed by atoms with van der Waals surface area (Å²) in [7, 11) is 0. The smallest absolute Gasteiger partial charge is 0.305 e. The summed E-state index contributed by atoms with van der Waals surface area (Å²) < 4.78 is 39.7. The van der Waals surface area contributed by atoms with Gasteiger partial charge in [-0.3, -0.25) is 14.7 Å². The minimum atomic E-state index is -4.47. The predicted octanol–water partition coefficient (Wildman–Crippen LogP) is 5.56. The second-order valence-corrected chi connectivity index (χ2v) is 8.49. The summed E-state index contributed by atoms with van der Waals surface area (Å²) in [6.07, 6.45) is 0.910. The molecule has 1 aromatic carbocycles. The topological polar surface area (TPSA) is 71.0 Å². The van der Waals surface area contributed by atoms with E-state index in [0.717, 1.165) is 37.5 Å². The van der Waals surface area contributed by atoms with Crippen LogP contribution >= 0.6 is 0 Å². The Morgan fingerprint density at radius 1 is 0.971 bits per heavy atom. The van der Waals surface area contributed by atoms with E-state index in [2.05, 4.69) is 25.2 Å². The largest absolute Gasteiger partial charge is 0.416 e. The standard InChI is InChI=1S/C26H22F3N5O/c27-26(28,29)19-6-3-5-17(13-19)21-15-30-14-18-9-10-22(32-24(18)21)25(35)33-23-8-4-7-20(31-23)16-34-11-1-2-12-34/h3-10,13-15H,1-2,11-12,16H2,(H,31,33,35). The number of pyridine rings is 3. The van der Waals surface area contributed by atoms with E-state index in [0.29, 0.717) is 27.8 Å². The van der Waals surface area contributed by atoms with Gasteiger partial charge < -0.3 is 5.32 Å². The second kappa shape index (κ2) is 9.42. The summed E-state index contributed by atoms with van der Waals surface area (Å²) in [6, 6.07) is 13.7. The third-order valence-corrected chi connectivity index (χ3v) is 5.97. The van der Waals surface area contributed by atoms with E-state index in [1.165, 1.54) is 25.1 Å². The lowest BCUT2D eigenvalue weighted by Crippen LogP contribution is -2.20. The Morgan fingerprint density at radius 2 is 1.77 bits per heavy atom. The van der Waals surface area contributed by atoms with E-state index in [4.69, 9.17) is 0 Å². The van der Waals surface area contributed by atoms with Crippen molar-refractivity contribution in [3.05, 3.63) is 83.9 Å². The van der Waals surface area contributed by atoms with Crippen LogP contribution in [0.2, 0.25) is 0 Å². The lowest BCUT2D eigenvalue weighted by molar-refractivity contribution is -0.137. The average Bonchev–Trinajstić information content (AvgIpc) is 3.36. The van der Waals surface area contributed by atoms with E-state index in [9.17, 15) is 18.0 Å². The van der Waals surface area contributed by atoms with Crippen LogP contribution in [0.5, 0.6) is 0 Å². The number of carbonyl (C=O) groups is 1. The van der Waals surface area contributed by atoms with E-state index in [1.807, 2.05) is 12.1 Å². The fraction of sp³-hybridized carbons (Fsp3) is 0.231. The Balaban J connectivity index is 1.42. The number of nitrogens with one attached hydrogen (secondary N) is 1. The SMILES string of the molecule is O=C(Nc1cccc(CN2CCCC2)n1)c1ccc2cncc(-c3cccc(C(F)(F)F)c3)c2n1. The summed E-state index contributed by atoms with van der Waals surface area (Å²) in [6.45, 7) is 2.82. The van der Waals surface area contributed by atoms with Gasteiger partial charge in [0, 0.05) is 29.9 Å². The van der Waals surface area contributed by atoms with Gasteiger partial charge in [-0.2, -0.15) is 13.2 Å². The van der Waals surface area contributed by atoms with E-state index >= 15 is 0 Å². The Bertz CT molecular complexity index is 1380. The number of carbonyl (C=O) groups excluding carboxylic acids is 1. The zero-order chi connectivity index (χ0) is 24.4. The second-order valence-electron chi connectivity index (χ2n) is 8.49. The first-order chi connectivity index (χ1) is 16.9. The molecule has 1 aliphatic heterocycles. The number of aromatic nitrogens is 3. The normalized spacial score (nSPS) is 14.4. The van der Waals surface area contributed by atoms with Crippen LogP contribution in [0, 0.1) is 0 Å². The Hall–Kier alpha value is -3.85. The molecule has 0 atom stereocenters. The van der Waals surface area contributed by atoms with Crippen molar-refractivity contribution in [2.24, 2.45) is 0 Å². The molecule has 1 fully saturated rings. The van der Waals surface area contributed by atoms with Crippen LogP contribution in [0.25, 0.3) is 22.0 Å². The minimum Gasteiger partial charge on any atom is -0.305 e. The number of hydrogen-bond donors (Lipinski definition) is 1. The van der Waals surface area contributed by atoms with Gasteiger partial charge in [0.2, 0.25) is 0 Å². The molecule has 9 heteroatoms. The first-order valence-corrected chi connectivity index (χ1v) is 11.3. The van der Waals surface area contributed by atoms with Gasteiger partial charge in [-0.1, -0.05) is 18.2 Å². The van der Waals surface area contributed by atoms with Crippen molar-refractivity contribution in [3.63, 3.8) is 0 Å². The fourth-order valence-electron chi connectivity index (χ4n) is 4.23. The molecule has 0 spiro atoms. The minimum absolute atomic E-state index is 0.128. The number of benzene rings is 1. The zero-order valence-electron chi connectivity index (χ0n) is 18.7. The number of nitrogens with zero attached hydrogens (tertiary/aromatic N) is 4. The van der Waals surface area contributed by atoms with E-state index in [1.54, 1.807) is 30.5 Å². The zero-order valence-corrected chi connectivity index (χ0v) is 18.7. The van der Waals surface area contributed by atoms with Crippen molar-refractivity contribution in [1.82, 2.24) is 19.9 Å². The Labute approximate surface area is 199 Å². The Kier molecular flexibility index (Phi) is 6.17. The number of alkyl halides is 3. The number of fused-ring (bicyclic) bond motifs is 1. The number of anilines is 1. The predicted molar refractivity (Wildman–Crippen MR) is 127 cm³/mol. The molecule has 1 N–H and O–H groups in total. The highest BCUT2D eigenvalue weighted by Gasteiger charge is 2.30. The van der Waals surface area contributed by atoms with E-state index in [-0.39, 0.29) is 5.69 Å². The molecule has 6 nitrogen and oxygen atoms in total. The first kappa shape index (κ1) is 22.9. The Morgan fingerprint density at radius 3 is 2.57 bits per heavy atom. The van der Waals surface area contributed by atoms with Gasteiger partial charge in [0.05, 0.1) is 16.8 Å². The number of rotatable bonds is 5. The average molecular weight is 477 g/mol. The summed E-state index contributed by atoms with van der Waals surface area (Å²) >= 11 is 0. The fourth-order valence-corrected chi connectivity index (χ4v) is 4.23. The van der Waals surface area contributed by atoms with Gasteiger partial charge in [-0.25, -0.2) is 9.97 Å². The molecule has 1 amide bonds.